The van der Waals surface area contributed by atoms with Crippen LogP contribution in [0.3, 0.4) is 0 Å². The quantitative estimate of drug-likeness (QED) is 0.855. The van der Waals surface area contributed by atoms with Crippen LogP contribution >= 0.6 is 35.6 Å². The standard InChI is InChI=1S/C14H18Cl2N2O.ClH/c1-17-5-2-3-14(19)18-6-4-10-7-11(15)8-13(16)12(10)9-18;/h7-8,17H,2-6,9H2,1H3;1H. The average Bonchev–Trinajstić information content (AvgIpc) is 2.38. The number of rotatable bonds is 4. The number of carbonyl (C=O) groups excluding carboxylic acids is 1. The molecule has 3 nitrogen and oxygen atoms in total. The lowest BCUT2D eigenvalue weighted by Crippen LogP contribution is -2.36. The number of nitrogens with zero attached hydrogens (tertiary/aromatic N) is 1. The Bertz CT molecular complexity index is 480. The lowest BCUT2D eigenvalue weighted by Gasteiger charge is -2.29. The van der Waals surface area contributed by atoms with Crippen molar-refractivity contribution in [3.05, 3.63) is 33.3 Å². The van der Waals surface area contributed by atoms with Crippen LogP contribution < -0.4 is 5.32 Å². The first-order valence-corrected chi connectivity index (χ1v) is 7.26. The smallest absolute Gasteiger partial charge is 0.222 e. The number of benzene rings is 1. The van der Waals surface area contributed by atoms with E-state index in [1.54, 1.807) is 6.07 Å². The molecule has 0 aliphatic carbocycles. The summed E-state index contributed by atoms with van der Waals surface area (Å²) in [6.45, 7) is 2.22. The Morgan fingerprint density at radius 1 is 1.40 bits per heavy atom. The van der Waals surface area contributed by atoms with Crippen molar-refractivity contribution in [2.75, 3.05) is 20.1 Å². The lowest BCUT2D eigenvalue weighted by atomic mass is 9.99. The highest BCUT2D eigenvalue weighted by Crippen LogP contribution is 2.30. The van der Waals surface area contributed by atoms with Crippen LogP contribution in [0.25, 0.3) is 0 Å². The molecule has 1 aliphatic rings. The molecule has 0 saturated heterocycles. The van der Waals surface area contributed by atoms with E-state index in [0.717, 1.165) is 37.1 Å². The molecule has 1 N–H and O–H groups in total. The second-order valence-electron chi connectivity index (χ2n) is 4.80. The number of hydrogen-bond acceptors (Lipinski definition) is 2. The number of fused-ring (bicyclic) bond motifs is 1. The number of hydrogen-bond donors (Lipinski definition) is 1. The van der Waals surface area contributed by atoms with Crippen molar-refractivity contribution in [2.45, 2.75) is 25.8 Å². The van der Waals surface area contributed by atoms with Gasteiger partial charge >= 0.3 is 0 Å². The highest BCUT2D eigenvalue weighted by molar-refractivity contribution is 6.35. The van der Waals surface area contributed by atoms with Gasteiger partial charge in [0.2, 0.25) is 5.91 Å². The minimum Gasteiger partial charge on any atom is -0.338 e. The molecule has 1 aromatic carbocycles. The number of halogens is 3. The first-order chi connectivity index (χ1) is 9.11. The van der Waals surface area contributed by atoms with Gasteiger partial charge in [-0.3, -0.25) is 4.79 Å². The van der Waals surface area contributed by atoms with E-state index in [1.807, 2.05) is 18.0 Å². The van der Waals surface area contributed by atoms with Crippen LogP contribution in [0, 0.1) is 0 Å². The van der Waals surface area contributed by atoms with Crippen LogP contribution in [0.2, 0.25) is 10.0 Å². The van der Waals surface area contributed by atoms with Crippen LogP contribution in [-0.2, 0) is 17.8 Å². The third kappa shape index (κ3) is 4.26. The SMILES string of the molecule is CNCCCC(=O)N1CCc2cc(Cl)cc(Cl)c2C1.Cl. The molecule has 2 rings (SSSR count). The summed E-state index contributed by atoms with van der Waals surface area (Å²) in [4.78, 5) is 14.0. The fourth-order valence-electron chi connectivity index (χ4n) is 2.37. The van der Waals surface area contributed by atoms with Crippen molar-refractivity contribution in [3.63, 3.8) is 0 Å². The predicted molar refractivity (Wildman–Crippen MR) is 86.0 cm³/mol. The molecule has 112 valence electrons. The molecule has 0 fully saturated rings. The van der Waals surface area contributed by atoms with Crippen LogP contribution in [0.15, 0.2) is 12.1 Å². The van der Waals surface area contributed by atoms with Crippen LogP contribution in [0.1, 0.15) is 24.0 Å². The van der Waals surface area contributed by atoms with Crippen molar-refractivity contribution in [3.8, 4) is 0 Å². The van der Waals surface area contributed by atoms with E-state index >= 15 is 0 Å². The van der Waals surface area contributed by atoms with Gasteiger partial charge in [0, 0.05) is 29.6 Å². The van der Waals surface area contributed by atoms with Gasteiger partial charge in [-0.15, -0.1) is 12.4 Å². The van der Waals surface area contributed by atoms with Gasteiger partial charge in [0.05, 0.1) is 0 Å². The monoisotopic (exact) mass is 336 g/mol. The molecule has 0 aromatic heterocycles. The van der Waals surface area contributed by atoms with Crippen molar-refractivity contribution < 1.29 is 4.79 Å². The molecule has 0 radical (unpaired) electrons. The minimum atomic E-state index is 0. The zero-order valence-electron chi connectivity index (χ0n) is 11.4. The summed E-state index contributed by atoms with van der Waals surface area (Å²) < 4.78 is 0. The van der Waals surface area contributed by atoms with E-state index in [4.69, 9.17) is 23.2 Å². The van der Waals surface area contributed by atoms with E-state index in [2.05, 4.69) is 5.32 Å². The zero-order chi connectivity index (χ0) is 13.8. The van der Waals surface area contributed by atoms with E-state index in [1.165, 1.54) is 0 Å². The van der Waals surface area contributed by atoms with E-state index < -0.39 is 0 Å². The van der Waals surface area contributed by atoms with Gasteiger partial charge in [-0.2, -0.15) is 0 Å². The van der Waals surface area contributed by atoms with E-state index in [0.29, 0.717) is 23.0 Å². The van der Waals surface area contributed by atoms with Crippen LogP contribution in [0.4, 0.5) is 0 Å². The summed E-state index contributed by atoms with van der Waals surface area (Å²) in [7, 11) is 1.89. The van der Waals surface area contributed by atoms with Crippen molar-refractivity contribution in [2.24, 2.45) is 0 Å². The third-order valence-electron chi connectivity index (χ3n) is 3.42. The molecule has 0 atom stereocenters. The van der Waals surface area contributed by atoms with Crippen LogP contribution in [0.5, 0.6) is 0 Å². The summed E-state index contributed by atoms with van der Waals surface area (Å²) >= 11 is 12.2. The molecule has 0 saturated carbocycles. The summed E-state index contributed by atoms with van der Waals surface area (Å²) in [5.74, 6) is 0.201. The van der Waals surface area contributed by atoms with Crippen molar-refractivity contribution in [1.82, 2.24) is 10.2 Å². The Balaban J connectivity index is 0.00000200. The maximum Gasteiger partial charge on any atom is 0.222 e. The van der Waals surface area contributed by atoms with Gasteiger partial charge in [0.1, 0.15) is 0 Å². The molecular weight excluding hydrogens is 319 g/mol. The molecule has 0 unspecified atom stereocenters. The van der Waals surface area contributed by atoms with Crippen molar-refractivity contribution in [1.29, 1.82) is 0 Å². The van der Waals surface area contributed by atoms with E-state index in [9.17, 15) is 4.79 Å². The van der Waals surface area contributed by atoms with Gasteiger partial charge in [-0.25, -0.2) is 0 Å². The Labute approximate surface area is 136 Å². The first kappa shape index (κ1) is 17.6. The Hall–Kier alpha value is -0.480. The highest BCUT2D eigenvalue weighted by Gasteiger charge is 2.22. The predicted octanol–water partition coefficient (Wildman–Crippen LogP) is 3.30. The summed E-state index contributed by atoms with van der Waals surface area (Å²) in [5, 5.41) is 4.38. The summed E-state index contributed by atoms with van der Waals surface area (Å²) in [5.41, 5.74) is 2.20. The Morgan fingerprint density at radius 3 is 2.85 bits per heavy atom. The molecule has 1 heterocycles. The summed E-state index contributed by atoms with van der Waals surface area (Å²) in [6, 6.07) is 3.70. The topological polar surface area (TPSA) is 32.3 Å². The first-order valence-electron chi connectivity index (χ1n) is 6.51. The van der Waals surface area contributed by atoms with Gasteiger partial charge in [-0.05, 0) is 49.7 Å². The Morgan fingerprint density at radius 2 is 2.15 bits per heavy atom. The molecule has 20 heavy (non-hydrogen) atoms. The Kier molecular flexibility index (Phi) is 7.10. The third-order valence-corrected chi connectivity index (χ3v) is 3.98. The maximum absolute atomic E-state index is 12.1. The molecule has 6 heteroatoms. The maximum atomic E-state index is 12.1. The number of amides is 1. The molecule has 1 aromatic rings. The van der Waals surface area contributed by atoms with Crippen LogP contribution in [-0.4, -0.2) is 30.9 Å². The fourth-order valence-corrected chi connectivity index (χ4v) is 2.96. The molecule has 0 spiro atoms. The lowest BCUT2D eigenvalue weighted by molar-refractivity contribution is -0.132. The molecule has 0 bridgehead atoms. The second kappa shape index (κ2) is 8.08. The zero-order valence-corrected chi connectivity index (χ0v) is 13.7. The van der Waals surface area contributed by atoms with Gasteiger partial charge in [0.15, 0.2) is 0 Å². The average molecular weight is 338 g/mol. The van der Waals surface area contributed by atoms with Gasteiger partial charge in [0.25, 0.3) is 0 Å². The number of carbonyl (C=O) groups is 1. The summed E-state index contributed by atoms with van der Waals surface area (Å²) in [6.07, 6.45) is 2.28. The van der Waals surface area contributed by atoms with Gasteiger partial charge in [-0.1, -0.05) is 23.2 Å². The number of nitrogens with one attached hydrogen (secondary N) is 1. The molecular formula is C14H19Cl3N2O. The van der Waals surface area contributed by atoms with E-state index in [-0.39, 0.29) is 18.3 Å². The van der Waals surface area contributed by atoms with Crippen molar-refractivity contribution >= 4 is 41.5 Å². The second-order valence-corrected chi connectivity index (χ2v) is 5.64. The normalized spacial score (nSPS) is 13.7. The molecule has 1 aliphatic heterocycles. The minimum absolute atomic E-state index is 0. The molecule has 1 amide bonds. The highest BCUT2D eigenvalue weighted by atomic mass is 35.5. The largest absolute Gasteiger partial charge is 0.338 e. The fraction of sp³-hybridized carbons (Fsp3) is 0.500. The van der Waals surface area contributed by atoms with Gasteiger partial charge < -0.3 is 10.2 Å².